The molecule has 1 aromatic carbocycles. The Morgan fingerprint density at radius 1 is 1.38 bits per heavy atom. The van der Waals surface area contributed by atoms with E-state index in [1.165, 1.54) is 30.5 Å². The number of amides is 1. The van der Waals surface area contributed by atoms with Crippen molar-refractivity contribution in [3.8, 4) is 5.75 Å². The minimum atomic E-state index is -4.75. The smallest absolute Gasteiger partial charge is 0.459 e. The number of furan rings is 1. The lowest BCUT2D eigenvalue weighted by molar-refractivity contribution is -0.274. The van der Waals surface area contributed by atoms with Crippen molar-refractivity contribution in [1.29, 1.82) is 0 Å². The van der Waals surface area contributed by atoms with E-state index in [-0.39, 0.29) is 11.5 Å². The van der Waals surface area contributed by atoms with Gasteiger partial charge in [-0.05, 0) is 30.3 Å². The lowest BCUT2D eigenvalue weighted by atomic mass is 10.3. The monoisotopic (exact) mass is 357 g/mol. The summed E-state index contributed by atoms with van der Waals surface area (Å²) in [6.07, 6.45) is -3.39. The average Bonchev–Trinajstić information content (AvgIpc) is 3.12. The molecule has 2 heterocycles. The minimum absolute atomic E-state index is 0.100. The predicted octanol–water partition coefficient (Wildman–Crippen LogP) is 2.98. The van der Waals surface area contributed by atoms with Gasteiger partial charge in [0.25, 0.3) is 0 Å². The van der Waals surface area contributed by atoms with Gasteiger partial charge in [-0.3, -0.25) is 4.79 Å². The Morgan fingerprint density at radius 3 is 2.83 bits per heavy atom. The Balaban J connectivity index is 1.90. The van der Waals surface area contributed by atoms with Crippen molar-refractivity contribution in [2.75, 3.05) is 0 Å². The van der Waals surface area contributed by atoms with Crippen molar-refractivity contribution in [1.82, 2.24) is 9.99 Å². The first-order chi connectivity index (χ1) is 11.3. The van der Waals surface area contributed by atoms with E-state index in [0.717, 1.165) is 11.3 Å². The molecule has 3 rings (SSSR count). The number of carbonyl (C=O) groups is 1. The summed E-state index contributed by atoms with van der Waals surface area (Å²) in [4.78, 5) is 12.2. The highest BCUT2D eigenvalue weighted by Crippen LogP contribution is 2.27. The highest BCUT2D eigenvalue weighted by Gasteiger charge is 2.31. The molecule has 0 spiro atoms. The summed E-state index contributed by atoms with van der Waals surface area (Å²) in [5.74, 6) is -0.745. The largest absolute Gasteiger partial charge is 0.573 e. The van der Waals surface area contributed by atoms with Gasteiger partial charge in [-0.15, -0.1) is 18.3 Å². The second-order valence-electron chi connectivity index (χ2n) is 4.65. The number of aromatic nitrogens is 1. The van der Waals surface area contributed by atoms with Crippen molar-refractivity contribution in [3.05, 3.63) is 47.2 Å². The van der Waals surface area contributed by atoms with Crippen LogP contribution in [-0.4, -0.2) is 16.8 Å². The van der Waals surface area contributed by atoms with E-state index in [9.17, 15) is 18.0 Å². The minimum Gasteiger partial charge on any atom is -0.459 e. The number of benzene rings is 1. The Bertz CT molecular complexity index is 942. The van der Waals surface area contributed by atoms with Crippen LogP contribution in [0.25, 0.3) is 10.2 Å². The molecule has 0 saturated heterocycles. The molecule has 1 amide bonds. The molecule has 6 nitrogen and oxygen atoms in total. The Labute approximate surface area is 136 Å². The fourth-order valence-electron chi connectivity index (χ4n) is 1.98. The Kier molecular flexibility index (Phi) is 4.06. The first kappa shape index (κ1) is 16.1. The van der Waals surface area contributed by atoms with Gasteiger partial charge in [0.15, 0.2) is 5.76 Å². The number of hydrogen-bond acceptors (Lipinski definition) is 5. The SMILES string of the molecule is Cn1/c(=N\NC(=O)c2ccco2)sc2cc(OC(F)(F)F)ccc21. The molecule has 0 aliphatic heterocycles. The quantitative estimate of drug-likeness (QED) is 0.733. The summed E-state index contributed by atoms with van der Waals surface area (Å²) in [5, 5.41) is 3.96. The van der Waals surface area contributed by atoms with Crippen LogP contribution in [0.2, 0.25) is 0 Å². The van der Waals surface area contributed by atoms with Gasteiger partial charge >= 0.3 is 12.3 Å². The van der Waals surface area contributed by atoms with Gasteiger partial charge in [0.05, 0.1) is 16.5 Å². The predicted molar refractivity (Wildman–Crippen MR) is 79.2 cm³/mol. The van der Waals surface area contributed by atoms with Crippen LogP contribution in [-0.2, 0) is 7.05 Å². The van der Waals surface area contributed by atoms with Crippen LogP contribution in [0, 0.1) is 0 Å². The third-order valence-corrected chi connectivity index (χ3v) is 4.11. The summed E-state index contributed by atoms with van der Waals surface area (Å²) in [7, 11) is 1.68. The molecular formula is C14H10F3N3O3S. The van der Waals surface area contributed by atoms with Gasteiger partial charge in [0.2, 0.25) is 4.80 Å². The summed E-state index contributed by atoms with van der Waals surface area (Å²) < 4.78 is 47.8. The average molecular weight is 357 g/mol. The molecule has 0 aliphatic carbocycles. The van der Waals surface area contributed by atoms with Gasteiger partial charge < -0.3 is 13.7 Å². The van der Waals surface area contributed by atoms with E-state index in [1.54, 1.807) is 17.7 Å². The van der Waals surface area contributed by atoms with Crippen LogP contribution in [0.4, 0.5) is 13.2 Å². The standard InChI is InChI=1S/C14H10F3N3O3S/c1-20-9-5-4-8(23-14(15,16)17)7-11(9)24-13(20)19-18-12(21)10-3-2-6-22-10/h2-7H,1H3,(H,18,21)/b19-13+. The maximum Gasteiger partial charge on any atom is 0.573 e. The fourth-order valence-corrected chi connectivity index (χ4v) is 2.99. The number of rotatable bonds is 3. The number of halogens is 3. The molecule has 0 unspecified atom stereocenters. The zero-order valence-electron chi connectivity index (χ0n) is 12.1. The zero-order chi connectivity index (χ0) is 17.3. The van der Waals surface area contributed by atoms with Crippen molar-refractivity contribution in [2.45, 2.75) is 6.36 Å². The highest BCUT2D eigenvalue weighted by molar-refractivity contribution is 7.16. The van der Waals surface area contributed by atoms with Crippen LogP contribution in [0.1, 0.15) is 10.6 Å². The van der Waals surface area contributed by atoms with E-state index in [2.05, 4.69) is 15.3 Å². The number of alkyl halides is 3. The van der Waals surface area contributed by atoms with Gasteiger partial charge in [-0.1, -0.05) is 11.3 Å². The van der Waals surface area contributed by atoms with Gasteiger partial charge in [0.1, 0.15) is 5.75 Å². The third-order valence-electron chi connectivity index (χ3n) is 3.01. The maximum absolute atomic E-state index is 12.3. The van der Waals surface area contributed by atoms with Gasteiger partial charge in [-0.25, -0.2) is 5.43 Å². The summed E-state index contributed by atoms with van der Waals surface area (Å²) >= 11 is 1.11. The molecule has 0 bridgehead atoms. The number of fused-ring (bicyclic) bond motifs is 1. The van der Waals surface area contributed by atoms with Crippen LogP contribution >= 0.6 is 11.3 Å². The molecule has 0 atom stereocenters. The van der Waals surface area contributed by atoms with E-state index < -0.39 is 12.3 Å². The van der Waals surface area contributed by atoms with E-state index in [4.69, 9.17) is 4.42 Å². The van der Waals surface area contributed by atoms with Crippen LogP contribution in [0.5, 0.6) is 5.75 Å². The Hall–Kier alpha value is -2.75. The number of hydrogen-bond donors (Lipinski definition) is 1. The van der Waals surface area contributed by atoms with E-state index in [1.807, 2.05) is 0 Å². The molecule has 2 aromatic heterocycles. The van der Waals surface area contributed by atoms with Crippen LogP contribution < -0.4 is 15.0 Å². The number of nitrogens with zero attached hydrogens (tertiary/aromatic N) is 2. The van der Waals surface area contributed by atoms with Gasteiger partial charge in [-0.2, -0.15) is 0 Å². The molecule has 0 radical (unpaired) electrons. The van der Waals surface area contributed by atoms with Crippen molar-refractivity contribution >= 4 is 27.5 Å². The first-order valence-corrected chi connectivity index (χ1v) is 7.38. The fraction of sp³-hybridized carbons (Fsp3) is 0.143. The normalized spacial score (nSPS) is 12.6. The number of aryl methyl sites for hydroxylation is 1. The highest BCUT2D eigenvalue weighted by atomic mass is 32.1. The zero-order valence-corrected chi connectivity index (χ0v) is 12.9. The first-order valence-electron chi connectivity index (χ1n) is 6.56. The summed E-state index contributed by atoms with van der Waals surface area (Å²) in [5.41, 5.74) is 2.98. The molecule has 0 aliphatic rings. The summed E-state index contributed by atoms with van der Waals surface area (Å²) in [6, 6.07) is 7.02. The number of ether oxygens (including phenoxy) is 1. The third kappa shape index (κ3) is 3.43. The second kappa shape index (κ2) is 6.04. The molecule has 0 fully saturated rings. The Morgan fingerprint density at radius 2 is 2.17 bits per heavy atom. The number of carbonyl (C=O) groups excluding carboxylic acids is 1. The molecule has 1 N–H and O–H groups in total. The molecule has 24 heavy (non-hydrogen) atoms. The van der Waals surface area contributed by atoms with Gasteiger partial charge in [0, 0.05) is 7.05 Å². The van der Waals surface area contributed by atoms with Crippen molar-refractivity contribution in [3.63, 3.8) is 0 Å². The molecular weight excluding hydrogens is 347 g/mol. The van der Waals surface area contributed by atoms with Crippen LogP contribution in [0.15, 0.2) is 46.1 Å². The summed E-state index contributed by atoms with van der Waals surface area (Å²) in [6.45, 7) is 0. The lowest BCUT2D eigenvalue weighted by Gasteiger charge is -2.08. The maximum atomic E-state index is 12.3. The van der Waals surface area contributed by atoms with Crippen molar-refractivity contribution < 1.29 is 27.1 Å². The molecule has 0 saturated carbocycles. The number of nitrogens with one attached hydrogen (secondary N) is 1. The second-order valence-corrected chi connectivity index (χ2v) is 5.66. The topological polar surface area (TPSA) is 68.8 Å². The van der Waals surface area contributed by atoms with Crippen LogP contribution in [0.3, 0.4) is 0 Å². The van der Waals surface area contributed by atoms with Crippen molar-refractivity contribution in [2.24, 2.45) is 12.1 Å². The number of thiazole rings is 1. The van der Waals surface area contributed by atoms with E-state index >= 15 is 0 Å². The molecule has 126 valence electrons. The lowest BCUT2D eigenvalue weighted by Crippen LogP contribution is -2.22. The molecule has 3 aromatic rings. The molecule has 10 heteroatoms. The van der Waals surface area contributed by atoms with E-state index in [0.29, 0.717) is 15.0 Å².